The maximum atomic E-state index is 13.0. The number of halogens is 3. The fourth-order valence-corrected chi connectivity index (χ4v) is 1.83. The van der Waals surface area contributed by atoms with E-state index in [9.17, 15) is 18.0 Å². The highest BCUT2D eigenvalue weighted by molar-refractivity contribution is 5.89. The Balaban J connectivity index is 2.54. The normalized spacial score (nSPS) is 22.3. The van der Waals surface area contributed by atoms with E-state index in [0.717, 1.165) is 13.0 Å². The Hall–Kier alpha value is -1.98. The highest BCUT2D eigenvalue weighted by Gasteiger charge is 2.56. The molecule has 1 N–H and O–H groups in total. The lowest BCUT2D eigenvalue weighted by molar-refractivity contribution is -0.227. The molecule has 1 heterocycles. The van der Waals surface area contributed by atoms with E-state index in [1.165, 1.54) is 25.1 Å². The fraction of sp³-hybridized carbons (Fsp3) is 0.308. The molecule has 1 unspecified atom stereocenters. The maximum absolute atomic E-state index is 13.0. The standard InChI is InChI=1S/C13H11F3O3/c1-7-5-8-3-4-9(11(17)18)6-10(8)19-12(7,2)13(14,15)16/h3-6H,1-2H3,(H,17,18). The van der Waals surface area contributed by atoms with Crippen LogP contribution >= 0.6 is 0 Å². The quantitative estimate of drug-likeness (QED) is 0.851. The SMILES string of the molecule is CC1=Cc2ccc(C(=O)O)cc2OC1(C)C(F)(F)F. The minimum atomic E-state index is -4.58. The van der Waals surface area contributed by atoms with Crippen molar-refractivity contribution in [3.63, 3.8) is 0 Å². The number of hydrogen-bond acceptors (Lipinski definition) is 2. The van der Waals surface area contributed by atoms with Gasteiger partial charge in [0.2, 0.25) is 5.60 Å². The summed E-state index contributed by atoms with van der Waals surface area (Å²) in [6, 6.07) is 3.85. The molecule has 3 nitrogen and oxygen atoms in total. The van der Waals surface area contributed by atoms with E-state index in [1.807, 2.05) is 0 Å². The van der Waals surface area contributed by atoms with Gasteiger partial charge in [0.1, 0.15) is 5.75 Å². The van der Waals surface area contributed by atoms with Crippen molar-refractivity contribution in [3.05, 3.63) is 34.9 Å². The molecule has 19 heavy (non-hydrogen) atoms. The lowest BCUT2D eigenvalue weighted by Gasteiger charge is -2.37. The summed E-state index contributed by atoms with van der Waals surface area (Å²) in [5.41, 5.74) is -2.09. The number of alkyl halides is 3. The topological polar surface area (TPSA) is 46.5 Å². The van der Waals surface area contributed by atoms with Crippen LogP contribution in [0, 0.1) is 0 Å². The van der Waals surface area contributed by atoms with Gasteiger partial charge in [-0.2, -0.15) is 13.2 Å². The third-order valence-corrected chi connectivity index (χ3v) is 3.24. The van der Waals surface area contributed by atoms with Crippen molar-refractivity contribution in [1.82, 2.24) is 0 Å². The summed E-state index contributed by atoms with van der Waals surface area (Å²) in [5, 5.41) is 8.84. The van der Waals surface area contributed by atoms with Gasteiger partial charge >= 0.3 is 12.1 Å². The van der Waals surface area contributed by atoms with E-state index in [1.54, 1.807) is 0 Å². The average Bonchev–Trinajstić information content (AvgIpc) is 2.28. The molecule has 0 fully saturated rings. The molecule has 6 heteroatoms. The van der Waals surface area contributed by atoms with Crippen LogP contribution in [-0.2, 0) is 0 Å². The summed E-state index contributed by atoms with van der Waals surface area (Å²) < 4.78 is 44.2. The van der Waals surface area contributed by atoms with Crippen LogP contribution in [0.15, 0.2) is 23.8 Å². The van der Waals surface area contributed by atoms with Gasteiger partial charge in [0.05, 0.1) is 5.56 Å². The second kappa shape index (κ2) is 4.01. The Labute approximate surface area is 107 Å². The molecular weight excluding hydrogens is 261 g/mol. The highest BCUT2D eigenvalue weighted by atomic mass is 19.4. The van der Waals surface area contributed by atoms with E-state index in [-0.39, 0.29) is 16.9 Å². The lowest BCUT2D eigenvalue weighted by atomic mass is 9.91. The number of carbonyl (C=O) groups is 1. The van der Waals surface area contributed by atoms with Gasteiger partial charge in [0, 0.05) is 5.56 Å². The molecule has 1 atom stereocenters. The number of aromatic carboxylic acids is 1. The number of fused-ring (bicyclic) bond motifs is 1. The number of benzene rings is 1. The molecule has 0 aliphatic carbocycles. The van der Waals surface area contributed by atoms with E-state index >= 15 is 0 Å². The van der Waals surface area contributed by atoms with Crippen LogP contribution in [0.25, 0.3) is 6.08 Å². The Morgan fingerprint density at radius 3 is 2.53 bits per heavy atom. The molecule has 1 aromatic carbocycles. The van der Waals surface area contributed by atoms with Gasteiger partial charge in [-0.05, 0) is 37.6 Å². The van der Waals surface area contributed by atoms with Crippen LogP contribution < -0.4 is 4.74 Å². The van der Waals surface area contributed by atoms with Gasteiger partial charge in [-0.25, -0.2) is 4.79 Å². The van der Waals surface area contributed by atoms with Crippen LogP contribution in [0.3, 0.4) is 0 Å². The van der Waals surface area contributed by atoms with E-state index in [0.29, 0.717) is 5.56 Å². The van der Waals surface area contributed by atoms with E-state index in [2.05, 4.69) is 0 Å². The first-order valence-electron chi connectivity index (χ1n) is 5.47. The molecule has 0 bridgehead atoms. The van der Waals surface area contributed by atoms with Crippen molar-refractivity contribution >= 4 is 12.0 Å². The molecule has 2 rings (SSSR count). The molecule has 1 aliphatic heterocycles. The summed E-state index contributed by atoms with van der Waals surface area (Å²) in [7, 11) is 0. The molecule has 0 radical (unpaired) electrons. The Morgan fingerprint density at radius 1 is 1.37 bits per heavy atom. The molecular formula is C13H11F3O3. The van der Waals surface area contributed by atoms with Crippen LogP contribution in [-0.4, -0.2) is 22.9 Å². The van der Waals surface area contributed by atoms with E-state index in [4.69, 9.17) is 9.84 Å². The van der Waals surface area contributed by atoms with Crippen molar-refractivity contribution in [2.45, 2.75) is 25.6 Å². The number of carboxylic acids is 1. The van der Waals surface area contributed by atoms with Crippen LogP contribution in [0.4, 0.5) is 13.2 Å². The molecule has 1 aliphatic rings. The van der Waals surface area contributed by atoms with E-state index < -0.39 is 17.7 Å². The first kappa shape index (κ1) is 13.5. The fourth-order valence-electron chi connectivity index (χ4n) is 1.83. The summed E-state index contributed by atoms with van der Waals surface area (Å²) in [5.74, 6) is -1.29. The van der Waals surface area contributed by atoms with Gasteiger partial charge < -0.3 is 9.84 Å². The second-order valence-electron chi connectivity index (χ2n) is 4.52. The number of carboxylic acid groups (broad SMARTS) is 1. The zero-order chi connectivity index (χ0) is 14.4. The van der Waals surface area contributed by atoms with Gasteiger partial charge in [-0.15, -0.1) is 0 Å². The first-order valence-corrected chi connectivity index (χ1v) is 5.47. The smallest absolute Gasteiger partial charge is 0.432 e. The molecule has 102 valence electrons. The summed E-state index contributed by atoms with van der Waals surface area (Å²) in [6.45, 7) is 2.26. The Bertz CT molecular complexity index is 575. The second-order valence-corrected chi connectivity index (χ2v) is 4.52. The lowest BCUT2D eigenvalue weighted by Crippen LogP contribution is -2.49. The molecule has 0 amide bonds. The van der Waals surface area contributed by atoms with Crippen molar-refractivity contribution in [3.8, 4) is 5.75 Å². The summed E-state index contributed by atoms with van der Waals surface area (Å²) in [4.78, 5) is 10.8. The third-order valence-electron chi connectivity index (χ3n) is 3.24. The monoisotopic (exact) mass is 272 g/mol. The summed E-state index contributed by atoms with van der Waals surface area (Å²) in [6.07, 6.45) is -3.22. The van der Waals surface area contributed by atoms with Gasteiger partial charge in [-0.3, -0.25) is 0 Å². The molecule has 0 aromatic heterocycles. The minimum Gasteiger partial charge on any atom is -0.478 e. The number of rotatable bonds is 1. The van der Waals surface area contributed by atoms with Crippen molar-refractivity contribution < 1.29 is 27.8 Å². The first-order chi connectivity index (χ1) is 8.65. The van der Waals surface area contributed by atoms with Crippen molar-refractivity contribution in [2.75, 3.05) is 0 Å². The van der Waals surface area contributed by atoms with Gasteiger partial charge in [-0.1, -0.05) is 6.07 Å². The van der Waals surface area contributed by atoms with Gasteiger partial charge in [0.25, 0.3) is 0 Å². The number of ether oxygens (including phenoxy) is 1. The zero-order valence-electron chi connectivity index (χ0n) is 10.2. The molecule has 0 saturated carbocycles. The maximum Gasteiger partial charge on any atom is 0.432 e. The molecule has 0 spiro atoms. The van der Waals surface area contributed by atoms with Crippen molar-refractivity contribution in [1.29, 1.82) is 0 Å². The zero-order valence-corrected chi connectivity index (χ0v) is 10.2. The Kier molecular flexibility index (Phi) is 2.84. The molecule has 1 aromatic rings. The largest absolute Gasteiger partial charge is 0.478 e. The van der Waals surface area contributed by atoms with Crippen molar-refractivity contribution in [2.24, 2.45) is 0 Å². The van der Waals surface area contributed by atoms with Crippen LogP contribution in [0.1, 0.15) is 29.8 Å². The molecule has 0 saturated heterocycles. The Morgan fingerprint density at radius 2 is 2.00 bits per heavy atom. The predicted molar refractivity (Wildman–Crippen MR) is 62.1 cm³/mol. The minimum absolute atomic E-state index is 0.0237. The van der Waals surface area contributed by atoms with Crippen LogP contribution in [0.5, 0.6) is 5.75 Å². The average molecular weight is 272 g/mol. The highest BCUT2D eigenvalue weighted by Crippen LogP contribution is 2.44. The van der Waals surface area contributed by atoms with Crippen LogP contribution in [0.2, 0.25) is 0 Å². The third kappa shape index (κ3) is 2.07. The van der Waals surface area contributed by atoms with Gasteiger partial charge in [0.15, 0.2) is 0 Å². The predicted octanol–water partition coefficient (Wildman–Crippen LogP) is 3.50. The summed E-state index contributed by atoms with van der Waals surface area (Å²) >= 11 is 0. The number of hydrogen-bond donors (Lipinski definition) is 1.